The quantitative estimate of drug-likeness (QED) is 0.675. The van der Waals surface area contributed by atoms with Crippen molar-refractivity contribution in [3.05, 3.63) is 40.1 Å². The third-order valence-electron chi connectivity index (χ3n) is 3.25. The van der Waals surface area contributed by atoms with E-state index in [0.717, 1.165) is 10.0 Å². The molecule has 0 spiro atoms. The average molecular weight is 373 g/mol. The van der Waals surface area contributed by atoms with Gasteiger partial charge in [0, 0.05) is 17.8 Å². The summed E-state index contributed by atoms with van der Waals surface area (Å²) in [6, 6.07) is 5.44. The standard InChI is InChI=1S/C16H13BrN4O2/c1-22-10-5-9(6-11(7-10)23-2)3-4-13-14-15(21-20-13)12(17)8-19-16(14)18/h5-8H,1-2H3,(H2,18,19)(H,20,21). The van der Waals surface area contributed by atoms with Crippen LogP contribution >= 0.6 is 15.9 Å². The summed E-state index contributed by atoms with van der Waals surface area (Å²) in [5, 5.41) is 7.80. The molecule has 23 heavy (non-hydrogen) atoms. The highest BCUT2D eigenvalue weighted by Crippen LogP contribution is 2.27. The molecule has 1 aromatic carbocycles. The molecule has 0 aliphatic heterocycles. The van der Waals surface area contributed by atoms with E-state index in [1.165, 1.54) is 0 Å². The van der Waals surface area contributed by atoms with Crippen LogP contribution in [0.15, 0.2) is 28.9 Å². The Morgan fingerprint density at radius 3 is 2.48 bits per heavy atom. The number of rotatable bonds is 2. The zero-order valence-electron chi connectivity index (χ0n) is 12.5. The lowest BCUT2D eigenvalue weighted by Gasteiger charge is -2.04. The van der Waals surface area contributed by atoms with Gasteiger partial charge in [0.05, 0.1) is 24.1 Å². The highest BCUT2D eigenvalue weighted by Gasteiger charge is 2.11. The number of halogens is 1. The summed E-state index contributed by atoms with van der Waals surface area (Å²) in [4.78, 5) is 4.11. The zero-order chi connectivity index (χ0) is 16.4. The molecule has 116 valence electrons. The normalized spacial score (nSPS) is 10.2. The summed E-state index contributed by atoms with van der Waals surface area (Å²) in [6.45, 7) is 0. The van der Waals surface area contributed by atoms with E-state index in [9.17, 15) is 0 Å². The smallest absolute Gasteiger partial charge is 0.135 e. The fourth-order valence-corrected chi connectivity index (χ4v) is 2.51. The molecule has 2 aromatic heterocycles. The first kappa shape index (κ1) is 15.2. The molecule has 7 heteroatoms. The monoisotopic (exact) mass is 372 g/mol. The second-order valence-corrected chi connectivity index (χ2v) is 5.52. The van der Waals surface area contributed by atoms with Crippen molar-refractivity contribution in [1.29, 1.82) is 0 Å². The highest BCUT2D eigenvalue weighted by molar-refractivity contribution is 9.10. The molecule has 0 saturated carbocycles. The van der Waals surface area contributed by atoms with E-state index in [1.807, 2.05) is 12.1 Å². The third-order valence-corrected chi connectivity index (χ3v) is 3.83. The number of anilines is 1. The van der Waals surface area contributed by atoms with Gasteiger partial charge in [0.2, 0.25) is 0 Å². The van der Waals surface area contributed by atoms with Crippen LogP contribution in [0.4, 0.5) is 5.82 Å². The molecule has 0 aliphatic carbocycles. The van der Waals surface area contributed by atoms with Crippen molar-refractivity contribution in [3.63, 3.8) is 0 Å². The molecular weight excluding hydrogens is 360 g/mol. The summed E-state index contributed by atoms with van der Waals surface area (Å²) in [7, 11) is 3.19. The number of methoxy groups -OCH3 is 2. The maximum absolute atomic E-state index is 5.93. The van der Waals surface area contributed by atoms with Gasteiger partial charge in [0.15, 0.2) is 0 Å². The first-order valence-electron chi connectivity index (χ1n) is 6.65. The molecular formula is C16H13BrN4O2. The minimum atomic E-state index is 0.379. The van der Waals surface area contributed by atoms with E-state index < -0.39 is 0 Å². The Labute approximate surface area is 141 Å². The largest absolute Gasteiger partial charge is 0.497 e. The van der Waals surface area contributed by atoms with Gasteiger partial charge in [-0.05, 0) is 34.0 Å². The second-order valence-electron chi connectivity index (χ2n) is 4.66. The molecule has 0 amide bonds. The van der Waals surface area contributed by atoms with E-state index in [2.05, 4.69) is 43.0 Å². The van der Waals surface area contributed by atoms with E-state index in [4.69, 9.17) is 15.2 Å². The van der Waals surface area contributed by atoms with Crippen molar-refractivity contribution in [3.8, 4) is 23.3 Å². The van der Waals surface area contributed by atoms with Crippen LogP contribution in [0.5, 0.6) is 11.5 Å². The van der Waals surface area contributed by atoms with E-state index >= 15 is 0 Å². The molecule has 3 aromatic rings. The Morgan fingerprint density at radius 2 is 1.83 bits per heavy atom. The number of aromatic amines is 1. The minimum Gasteiger partial charge on any atom is -0.497 e. The van der Waals surface area contributed by atoms with Crippen LogP contribution in [-0.2, 0) is 0 Å². The topological polar surface area (TPSA) is 86.0 Å². The molecule has 6 nitrogen and oxygen atoms in total. The maximum atomic E-state index is 5.93. The van der Waals surface area contributed by atoms with Crippen LogP contribution in [0.3, 0.4) is 0 Å². The summed E-state index contributed by atoms with van der Waals surface area (Å²) >= 11 is 3.40. The van der Waals surface area contributed by atoms with Crippen molar-refractivity contribution in [2.75, 3.05) is 20.0 Å². The van der Waals surface area contributed by atoms with Gasteiger partial charge in [-0.1, -0.05) is 5.92 Å². The SMILES string of the molecule is COc1cc(C#Cc2[nH]nc3c(Br)cnc(N)c23)cc(OC)c1. The van der Waals surface area contributed by atoms with Gasteiger partial charge < -0.3 is 15.2 Å². The minimum absolute atomic E-state index is 0.379. The lowest BCUT2D eigenvalue weighted by Crippen LogP contribution is -1.92. The van der Waals surface area contributed by atoms with Gasteiger partial charge >= 0.3 is 0 Å². The predicted octanol–water partition coefficient (Wildman–Crippen LogP) is 2.72. The number of hydrogen-bond donors (Lipinski definition) is 2. The Hall–Kier alpha value is -2.72. The number of benzene rings is 1. The van der Waals surface area contributed by atoms with E-state index in [1.54, 1.807) is 26.5 Å². The lowest BCUT2D eigenvalue weighted by atomic mass is 10.2. The molecule has 2 heterocycles. The Kier molecular flexibility index (Phi) is 4.08. The Morgan fingerprint density at radius 1 is 1.13 bits per heavy atom. The summed E-state index contributed by atoms with van der Waals surface area (Å²) in [5.74, 6) is 7.82. The number of nitrogens with one attached hydrogen (secondary N) is 1. The van der Waals surface area contributed by atoms with Gasteiger partial charge in [-0.25, -0.2) is 4.98 Å². The van der Waals surface area contributed by atoms with Crippen molar-refractivity contribution in [1.82, 2.24) is 15.2 Å². The maximum Gasteiger partial charge on any atom is 0.135 e. The zero-order valence-corrected chi connectivity index (χ0v) is 14.1. The second kappa shape index (κ2) is 6.18. The Bertz CT molecular complexity index is 918. The van der Waals surface area contributed by atoms with E-state index in [-0.39, 0.29) is 0 Å². The fourth-order valence-electron chi connectivity index (χ4n) is 2.12. The average Bonchev–Trinajstić information content (AvgIpc) is 3.01. The number of pyridine rings is 1. The first-order valence-corrected chi connectivity index (χ1v) is 7.45. The van der Waals surface area contributed by atoms with Gasteiger partial charge in [0.25, 0.3) is 0 Å². The van der Waals surface area contributed by atoms with E-state index in [0.29, 0.717) is 33.9 Å². The van der Waals surface area contributed by atoms with Crippen molar-refractivity contribution in [2.24, 2.45) is 0 Å². The number of nitrogens with zero attached hydrogens (tertiary/aromatic N) is 2. The van der Waals surface area contributed by atoms with Gasteiger partial charge in [-0.3, -0.25) is 5.10 Å². The van der Waals surface area contributed by atoms with Gasteiger partial charge in [0.1, 0.15) is 28.5 Å². The van der Waals surface area contributed by atoms with Crippen molar-refractivity contribution >= 4 is 32.7 Å². The van der Waals surface area contributed by atoms with Crippen molar-refractivity contribution in [2.45, 2.75) is 0 Å². The van der Waals surface area contributed by atoms with Gasteiger partial charge in [-0.2, -0.15) is 5.10 Å². The number of ether oxygens (including phenoxy) is 2. The van der Waals surface area contributed by atoms with Crippen LogP contribution in [0, 0.1) is 11.8 Å². The molecule has 0 aliphatic rings. The number of aromatic nitrogens is 3. The Balaban J connectivity index is 2.07. The first-order chi connectivity index (χ1) is 11.1. The predicted molar refractivity (Wildman–Crippen MR) is 91.5 cm³/mol. The molecule has 0 fully saturated rings. The van der Waals surface area contributed by atoms with Crippen LogP contribution in [0.2, 0.25) is 0 Å². The molecule has 0 saturated heterocycles. The highest BCUT2D eigenvalue weighted by atomic mass is 79.9. The third kappa shape index (κ3) is 2.94. The lowest BCUT2D eigenvalue weighted by molar-refractivity contribution is 0.394. The van der Waals surface area contributed by atoms with Crippen molar-refractivity contribution < 1.29 is 9.47 Å². The van der Waals surface area contributed by atoms with Crippen LogP contribution < -0.4 is 15.2 Å². The molecule has 0 radical (unpaired) electrons. The molecule has 3 rings (SSSR count). The summed E-state index contributed by atoms with van der Waals surface area (Å²) in [6.07, 6.45) is 1.61. The fraction of sp³-hybridized carbons (Fsp3) is 0.125. The summed E-state index contributed by atoms with van der Waals surface area (Å²) < 4.78 is 11.2. The number of hydrogen-bond acceptors (Lipinski definition) is 5. The number of nitrogens with two attached hydrogens (primary N) is 1. The van der Waals surface area contributed by atoms with Crippen LogP contribution in [0.25, 0.3) is 10.9 Å². The summed E-state index contributed by atoms with van der Waals surface area (Å²) in [5.41, 5.74) is 7.99. The van der Waals surface area contributed by atoms with Crippen LogP contribution in [0.1, 0.15) is 11.3 Å². The van der Waals surface area contributed by atoms with Crippen LogP contribution in [-0.4, -0.2) is 29.4 Å². The number of nitrogen functional groups attached to an aromatic ring is 1. The number of H-pyrrole nitrogens is 1. The molecule has 3 N–H and O–H groups in total. The molecule has 0 unspecified atom stereocenters. The molecule has 0 atom stereocenters. The van der Waals surface area contributed by atoms with Gasteiger partial charge in [-0.15, -0.1) is 0 Å². The number of fused-ring (bicyclic) bond motifs is 1. The molecule has 0 bridgehead atoms.